The maximum Gasteiger partial charge on any atom is 0.317 e. The van der Waals surface area contributed by atoms with Crippen LogP contribution in [0.25, 0.3) is 0 Å². The molecule has 1 aromatic rings. The van der Waals surface area contributed by atoms with Crippen molar-refractivity contribution < 1.29 is 18.7 Å². The number of nitrogens with one attached hydrogen (secondary N) is 1. The van der Waals surface area contributed by atoms with Gasteiger partial charge in [-0.05, 0) is 19.2 Å². The van der Waals surface area contributed by atoms with E-state index >= 15 is 0 Å². The summed E-state index contributed by atoms with van der Waals surface area (Å²) in [5, 5.41) is 2.81. The van der Waals surface area contributed by atoms with Crippen LogP contribution in [0, 0.1) is 0 Å². The Bertz CT molecular complexity index is 491. The maximum absolute atomic E-state index is 12.1. The molecule has 0 aromatic carbocycles. The molecule has 22 heavy (non-hydrogen) atoms. The minimum Gasteiger partial charge on any atom is -0.467 e. The largest absolute Gasteiger partial charge is 0.467 e. The van der Waals surface area contributed by atoms with Crippen LogP contribution >= 0.6 is 0 Å². The number of hydrogen-bond donors (Lipinski definition) is 2. The monoisotopic (exact) mass is 310 g/mol. The molecule has 2 rings (SSSR count). The summed E-state index contributed by atoms with van der Waals surface area (Å²) >= 11 is 0. The Kier molecular flexibility index (Phi) is 5.79. The van der Waals surface area contributed by atoms with Gasteiger partial charge in [-0.2, -0.15) is 0 Å². The molecule has 0 aliphatic carbocycles. The number of ether oxygens (including phenoxy) is 1. The first-order chi connectivity index (χ1) is 10.5. The number of rotatable bonds is 6. The van der Waals surface area contributed by atoms with E-state index in [0.717, 1.165) is 0 Å². The second-order valence-electron chi connectivity index (χ2n) is 5.34. The van der Waals surface area contributed by atoms with Crippen molar-refractivity contribution >= 4 is 11.9 Å². The SMILES string of the molecule is CN(CC(N)=O)C[C@@H]1CN(C(=O)NCc2ccco2)CCO1. The lowest BCUT2D eigenvalue weighted by molar-refractivity contribution is -0.119. The number of morpholine rings is 1. The zero-order valence-electron chi connectivity index (χ0n) is 12.7. The van der Waals surface area contributed by atoms with Gasteiger partial charge in [0, 0.05) is 19.6 Å². The van der Waals surface area contributed by atoms with Crippen molar-refractivity contribution in [2.45, 2.75) is 12.6 Å². The lowest BCUT2D eigenvalue weighted by Gasteiger charge is -2.34. The Labute approximate surface area is 129 Å². The molecule has 1 aromatic heterocycles. The molecule has 1 aliphatic heterocycles. The average Bonchev–Trinajstić information content (AvgIpc) is 2.97. The highest BCUT2D eigenvalue weighted by molar-refractivity contribution is 5.76. The van der Waals surface area contributed by atoms with Crippen molar-refractivity contribution in [3.05, 3.63) is 24.2 Å². The first-order valence-corrected chi connectivity index (χ1v) is 7.18. The summed E-state index contributed by atoms with van der Waals surface area (Å²) in [5.74, 6) is 0.325. The fourth-order valence-corrected chi connectivity index (χ4v) is 2.38. The van der Waals surface area contributed by atoms with Gasteiger partial charge in [-0.1, -0.05) is 0 Å². The Balaban J connectivity index is 1.76. The summed E-state index contributed by atoms with van der Waals surface area (Å²) < 4.78 is 10.8. The second-order valence-corrected chi connectivity index (χ2v) is 5.34. The third kappa shape index (κ3) is 5.05. The molecule has 0 unspecified atom stereocenters. The molecule has 3 N–H and O–H groups in total. The molecular weight excluding hydrogens is 288 g/mol. The number of likely N-dealkylation sites (N-methyl/N-ethyl adjacent to an activating group) is 1. The topological polar surface area (TPSA) is 101 Å². The molecule has 0 spiro atoms. The predicted molar refractivity (Wildman–Crippen MR) is 78.9 cm³/mol. The third-order valence-electron chi connectivity index (χ3n) is 3.36. The first-order valence-electron chi connectivity index (χ1n) is 7.18. The molecular formula is C14H22N4O4. The van der Waals surface area contributed by atoms with Crippen LogP contribution in [0.3, 0.4) is 0 Å². The Morgan fingerprint density at radius 3 is 3.05 bits per heavy atom. The standard InChI is InChI=1S/C14H22N4O4/c1-17(10-13(15)19)8-12-9-18(4-6-22-12)14(20)16-7-11-3-2-5-21-11/h2-3,5,12H,4,6-10H2,1H3,(H2,15,19)(H,16,20)/t12-/m1/s1. The number of primary amides is 1. The van der Waals surface area contributed by atoms with Gasteiger partial charge in [0.1, 0.15) is 5.76 Å². The van der Waals surface area contributed by atoms with Crippen molar-refractivity contribution in [3.63, 3.8) is 0 Å². The number of hydrogen-bond acceptors (Lipinski definition) is 5. The van der Waals surface area contributed by atoms with Crippen molar-refractivity contribution in [3.8, 4) is 0 Å². The summed E-state index contributed by atoms with van der Waals surface area (Å²) in [7, 11) is 1.80. The Morgan fingerprint density at radius 2 is 2.36 bits per heavy atom. The van der Waals surface area contributed by atoms with Gasteiger partial charge >= 0.3 is 6.03 Å². The summed E-state index contributed by atoms with van der Waals surface area (Å²) in [4.78, 5) is 26.5. The molecule has 1 aliphatic rings. The lowest BCUT2D eigenvalue weighted by Crippen LogP contribution is -2.52. The number of nitrogens with zero attached hydrogens (tertiary/aromatic N) is 2. The van der Waals surface area contributed by atoms with E-state index in [1.54, 1.807) is 35.2 Å². The highest BCUT2D eigenvalue weighted by Crippen LogP contribution is 2.07. The van der Waals surface area contributed by atoms with E-state index in [0.29, 0.717) is 38.5 Å². The molecule has 2 heterocycles. The molecule has 3 amide bonds. The van der Waals surface area contributed by atoms with Gasteiger partial charge in [0.25, 0.3) is 0 Å². The number of amides is 3. The lowest BCUT2D eigenvalue weighted by atomic mass is 10.2. The fraction of sp³-hybridized carbons (Fsp3) is 0.571. The maximum atomic E-state index is 12.1. The van der Waals surface area contributed by atoms with Gasteiger partial charge < -0.3 is 25.1 Å². The zero-order chi connectivity index (χ0) is 15.9. The number of furan rings is 1. The van der Waals surface area contributed by atoms with Gasteiger partial charge in [-0.25, -0.2) is 4.79 Å². The molecule has 1 fully saturated rings. The van der Waals surface area contributed by atoms with E-state index < -0.39 is 0 Å². The quantitative estimate of drug-likeness (QED) is 0.745. The van der Waals surface area contributed by atoms with Crippen molar-refractivity contribution in [1.29, 1.82) is 0 Å². The Morgan fingerprint density at radius 1 is 1.55 bits per heavy atom. The van der Waals surface area contributed by atoms with E-state index in [-0.39, 0.29) is 24.6 Å². The molecule has 8 nitrogen and oxygen atoms in total. The average molecular weight is 310 g/mol. The Hall–Kier alpha value is -2.06. The first kappa shape index (κ1) is 16.3. The van der Waals surface area contributed by atoms with Crippen LogP contribution in [0.5, 0.6) is 0 Å². The second kappa shape index (κ2) is 7.81. The van der Waals surface area contributed by atoms with Gasteiger partial charge in [0.2, 0.25) is 5.91 Å². The predicted octanol–water partition coefficient (Wildman–Crippen LogP) is -0.393. The minimum absolute atomic E-state index is 0.132. The van der Waals surface area contributed by atoms with E-state index in [9.17, 15) is 9.59 Å². The van der Waals surface area contributed by atoms with Crippen LogP contribution in [-0.2, 0) is 16.1 Å². The number of carbonyl (C=O) groups excluding carboxylic acids is 2. The van der Waals surface area contributed by atoms with E-state index in [1.165, 1.54) is 0 Å². The minimum atomic E-state index is -0.383. The van der Waals surface area contributed by atoms with Crippen molar-refractivity contribution in [2.75, 3.05) is 39.8 Å². The highest BCUT2D eigenvalue weighted by Gasteiger charge is 2.25. The smallest absolute Gasteiger partial charge is 0.317 e. The van der Waals surface area contributed by atoms with E-state index in [1.807, 2.05) is 0 Å². The molecule has 8 heteroatoms. The van der Waals surface area contributed by atoms with Gasteiger partial charge in [-0.3, -0.25) is 9.69 Å². The van der Waals surface area contributed by atoms with Crippen LogP contribution in [0.2, 0.25) is 0 Å². The van der Waals surface area contributed by atoms with Crippen LogP contribution in [-0.4, -0.2) is 67.7 Å². The third-order valence-corrected chi connectivity index (χ3v) is 3.36. The van der Waals surface area contributed by atoms with E-state index in [4.69, 9.17) is 14.9 Å². The van der Waals surface area contributed by atoms with Crippen LogP contribution in [0.1, 0.15) is 5.76 Å². The highest BCUT2D eigenvalue weighted by atomic mass is 16.5. The molecule has 0 radical (unpaired) electrons. The molecule has 122 valence electrons. The summed E-state index contributed by atoms with van der Waals surface area (Å²) in [5.41, 5.74) is 5.16. The molecule has 0 saturated carbocycles. The number of carbonyl (C=O) groups is 2. The van der Waals surface area contributed by atoms with Crippen molar-refractivity contribution in [1.82, 2.24) is 15.1 Å². The van der Waals surface area contributed by atoms with Crippen LogP contribution in [0.15, 0.2) is 22.8 Å². The molecule has 1 saturated heterocycles. The summed E-state index contributed by atoms with van der Waals surface area (Å²) in [6.45, 7) is 2.57. The summed E-state index contributed by atoms with van der Waals surface area (Å²) in [6, 6.07) is 3.43. The van der Waals surface area contributed by atoms with Crippen LogP contribution < -0.4 is 11.1 Å². The number of nitrogens with two attached hydrogens (primary N) is 1. The molecule has 0 bridgehead atoms. The van der Waals surface area contributed by atoms with Crippen molar-refractivity contribution in [2.24, 2.45) is 5.73 Å². The van der Waals surface area contributed by atoms with Gasteiger partial charge in [0.15, 0.2) is 0 Å². The van der Waals surface area contributed by atoms with Crippen LogP contribution in [0.4, 0.5) is 4.79 Å². The molecule has 1 atom stereocenters. The zero-order valence-corrected chi connectivity index (χ0v) is 12.7. The van der Waals surface area contributed by atoms with Gasteiger partial charge in [-0.15, -0.1) is 0 Å². The summed E-state index contributed by atoms with van der Waals surface area (Å²) in [6.07, 6.45) is 1.44. The van der Waals surface area contributed by atoms with Gasteiger partial charge in [0.05, 0.1) is 32.1 Å². The fourth-order valence-electron chi connectivity index (χ4n) is 2.38. The normalized spacial score (nSPS) is 18.5. The van der Waals surface area contributed by atoms with E-state index in [2.05, 4.69) is 5.32 Å². The number of urea groups is 1.